The van der Waals surface area contributed by atoms with E-state index in [2.05, 4.69) is 9.72 Å². The third-order valence-corrected chi connectivity index (χ3v) is 1.69. The number of rotatable bonds is 2. The molecule has 0 aliphatic rings. The van der Waals surface area contributed by atoms with Gasteiger partial charge in [0.25, 0.3) is 6.43 Å². The third-order valence-electron chi connectivity index (χ3n) is 1.69. The zero-order valence-corrected chi connectivity index (χ0v) is 7.63. The monoisotopic (exact) mass is 220 g/mol. The van der Waals surface area contributed by atoms with E-state index in [9.17, 15) is 18.0 Å². The van der Waals surface area contributed by atoms with Crippen molar-refractivity contribution in [3.63, 3.8) is 0 Å². The highest BCUT2D eigenvalue weighted by Crippen LogP contribution is 2.26. The number of aromatic nitrogens is 1. The zero-order valence-electron chi connectivity index (χ0n) is 7.63. The molecule has 82 valence electrons. The third kappa shape index (κ3) is 2.00. The quantitative estimate of drug-likeness (QED) is 0.767. The van der Waals surface area contributed by atoms with E-state index in [1.165, 1.54) is 0 Å². The molecule has 1 aromatic rings. The van der Waals surface area contributed by atoms with Crippen LogP contribution in [0, 0.1) is 5.82 Å². The van der Waals surface area contributed by atoms with Crippen LogP contribution in [-0.4, -0.2) is 18.1 Å². The Morgan fingerprint density at radius 1 is 1.60 bits per heavy atom. The summed E-state index contributed by atoms with van der Waals surface area (Å²) in [5.74, 6) is -2.26. The molecule has 15 heavy (non-hydrogen) atoms. The predicted molar refractivity (Wildman–Crippen MR) is 44.9 cm³/mol. The maximum atomic E-state index is 13.3. The van der Waals surface area contributed by atoms with E-state index in [4.69, 9.17) is 5.73 Å². The van der Waals surface area contributed by atoms with Crippen LogP contribution in [0.3, 0.4) is 0 Å². The van der Waals surface area contributed by atoms with Crippen molar-refractivity contribution in [3.8, 4) is 0 Å². The van der Waals surface area contributed by atoms with Gasteiger partial charge in [-0.15, -0.1) is 0 Å². The number of carbonyl (C=O) groups excluding carboxylic acids is 1. The lowest BCUT2D eigenvalue weighted by atomic mass is 10.2. The lowest BCUT2D eigenvalue weighted by Crippen LogP contribution is -2.10. The molecule has 1 heterocycles. The number of ether oxygens (including phenoxy) is 1. The Morgan fingerprint density at radius 2 is 2.20 bits per heavy atom. The normalized spacial score (nSPS) is 10.5. The van der Waals surface area contributed by atoms with E-state index in [1.54, 1.807) is 0 Å². The number of nitrogen functional groups attached to an aromatic ring is 1. The lowest BCUT2D eigenvalue weighted by Gasteiger charge is -2.07. The van der Waals surface area contributed by atoms with Crippen LogP contribution in [0.4, 0.5) is 18.9 Å². The number of nitrogens with two attached hydrogens (primary N) is 1. The van der Waals surface area contributed by atoms with Crippen molar-refractivity contribution in [1.29, 1.82) is 0 Å². The molecule has 1 aromatic heterocycles. The number of nitrogens with zero attached hydrogens (tertiary/aromatic N) is 1. The second-order valence-electron chi connectivity index (χ2n) is 2.58. The molecule has 0 unspecified atom stereocenters. The maximum Gasteiger partial charge on any atom is 0.342 e. The number of alkyl halides is 2. The van der Waals surface area contributed by atoms with Crippen LogP contribution in [0.25, 0.3) is 0 Å². The van der Waals surface area contributed by atoms with Crippen LogP contribution in [0.15, 0.2) is 6.20 Å². The highest BCUT2D eigenvalue weighted by Gasteiger charge is 2.22. The van der Waals surface area contributed by atoms with Crippen molar-refractivity contribution in [3.05, 3.63) is 23.3 Å². The van der Waals surface area contributed by atoms with Gasteiger partial charge in [-0.25, -0.2) is 18.0 Å². The van der Waals surface area contributed by atoms with Gasteiger partial charge in [-0.2, -0.15) is 0 Å². The maximum absolute atomic E-state index is 13.3. The summed E-state index contributed by atoms with van der Waals surface area (Å²) in [6, 6.07) is 0. The minimum absolute atomic E-state index is 0.570. The van der Waals surface area contributed by atoms with Crippen LogP contribution >= 0.6 is 0 Å². The molecule has 0 aromatic carbocycles. The summed E-state index contributed by atoms with van der Waals surface area (Å²) in [5, 5.41) is 0. The summed E-state index contributed by atoms with van der Waals surface area (Å²) in [5.41, 5.74) is 2.75. The Morgan fingerprint density at radius 3 is 2.67 bits per heavy atom. The van der Waals surface area contributed by atoms with E-state index in [0.29, 0.717) is 6.20 Å². The molecule has 0 amide bonds. The van der Waals surface area contributed by atoms with Crippen LogP contribution in [0.1, 0.15) is 22.5 Å². The van der Waals surface area contributed by atoms with Crippen LogP contribution in [0.2, 0.25) is 0 Å². The van der Waals surface area contributed by atoms with Gasteiger partial charge in [0, 0.05) is 6.20 Å². The highest BCUT2D eigenvalue weighted by atomic mass is 19.3. The summed E-state index contributed by atoms with van der Waals surface area (Å²) in [6.07, 6.45) is -2.33. The molecule has 0 atom stereocenters. The summed E-state index contributed by atoms with van der Waals surface area (Å²) < 4.78 is 41.9. The van der Waals surface area contributed by atoms with Gasteiger partial charge in [-0.1, -0.05) is 0 Å². The number of methoxy groups -OCH3 is 1. The minimum atomic E-state index is -2.99. The van der Waals surface area contributed by atoms with Crippen molar-refractivity contribution in [2.24, 2.45) is 0 Å². The van der Waals surface area contributed by atoms with Crippen LogP contribution < -0.4 is 5.73 Å². The van der Waals surface area contributed by atoms with Gasteiger partial charge in [0.05, 0.1) is 12.8 Å². The zero-order chi connectivity index (χ0) is 11.6. The van der Waals surface area contributed by atoms with Gasteiger partial charge in [0.2, 0.25) is 0 Å². The van der Waals surface area contributed by atoms with Crippen molar-refractivity contribution in [2.45, 2.75) is 6.43 Å². The Hall–Kier alpha value is -1.79. The number of halogens is 3. The number of hydrogen-bond acceptors (Lipinski definition) is 4. The Balaban J connectivity index is 3.27. The SMILES string of the molecule is COC(=O)c1cnc(C(F)F)c(N)c1F. The first-order valence-electron chi connectivity index (χ1n) is 3.79. The van der Waals surface area contributed by atoms with Gasteiger partial charge in [0.1, 0.15) is 11.3 Å². The van der Waals surface area contributed by atoms with Crippen molar-refractivity contribution >= 4 is 11.7 Å². The molecule has 0 spiro atoms. The van der Waals surface area contributed by atoms with Gasteiger partial charge in [-0.05, 0) is 0 Å². The number of anilines is 1. The predicted octanol–water partition coefficient (Wildman–Crippen LogP) is 1.53. The average molecular weight is 220 g/mol. The van der Waals surface area contributed by atoms with Crippen LogP contribution in [-0.2, 0) is 4.74 Å². The standard InChI is InChI=1S/C8H7F3N2O2/c1-15-8(14)3-2-13-6(7(10)11)5(12)4(3)9/h2,7H,12H2,1H3. The molecule has 2 N–H and O–H groups in total. The first-order valence-corrected chi connectivity index (χ1v) is 3.79. The summed E-state index contributed by atoms with van der Waals surface area (Å²) in [4.78, 5) is 14.1. The van der Waals surface area contributed by atoms with E-state index >= 15 is 0 Å². The molecule has 0 fully saturated rings. The molecule has 7 heteroatoms. The molecule has 0 bridgehead atoms. The molecular formula is C8H7F3N2O2. The van der Waals surface area contributed by atoms with E-state index in [0.717, 1.165) is 7.11 Å². The summed E-state index contributed by atoms with van der Waals surface area (Å²) >= 11 is 0. The molecule has 0 aliphatic carbocycles. The fourth-order valence-electron chi connectivity index (χ4n) is 0.944. The van der Waals surface area contributed by atoms with Gasteiger partial charge in [0.15, 0.2) is 5.82 Å². The smallest absolute Gasteiger partial charge is 0.342 e. The van der Waals surface area contributed by atoms with E-state index < -0.39 is 35.2 Å². The largest absolute Gasteiger partial charge is 0.465 e. The number of carbonyl (C=O) groups is 1. The van der Waals surface area contributed by atoms with E-state index in [1.807, 2.05) is 0 Å². The van der Waals surface area contributed by atoms with Gasteiger partial charge < -0.3 is 10.5 Å². The second kappa shape index (κ2) is 4.16. The Kier molecular flexibility index (Phi) is 3.13. The number of hydrogen-bond donors (Lipinski definition) is 1. The molecule has 0 aliphatic heterocycles. The summed E-state index contributed by atoms with van der Waals surface area (Å²) in [7, 11) is 1.03. The fraction of sp³-hybridized carbons (Fsp3) is 0.250. The average Bonchev–Trinajstić information content (AvgIpc) is 2.20. The topological polar surface area (TPSA) is 65.2 Å². The molecule has 0 saturated carbocycles. The second-order valence-corrected chi connectivity index (χ2v) is 2.58. The van der Waals surface area contributed by atoms with E-state index in [-0.39, 0.29) is 0 Å². The molecular weight excluding hydrogens is 213 g/mol. The van der Waals surface area contributed by atoms with Crippen molar-refractivity contribution < 1.29 is 22.7 Å². The first-order chi connectivity index (χ1) is 6.99. The molecule has 0 saturated heterocycles. The van der Waals surface area contributed by atoms with Crippen molar-refractivity contribution in [1.82, 2.24) is 4.98 Å². The number of esters is 1. The summed E-state index contributed by atoms with van der Waals surface area (Å²) in [6.45, 7) is 0. The van der Waals surface area contributed by atoms with Crippen molar-refractivity contribution in [2.75, 3.05) is 12.8 Å². The van der Waals surface area contributed by atoms with Crippen LogP contribution in [0.5, 0.6) is 0 Å². The first kappa shape index (κ1) is 11.3. The molecule has 0 radical (unpaired) electrons. The Bertz CT molecular complexity index is 396. The van der Waals surface area contributed by atoms with Gasteiger partial charge >= 0.3 is 5.97 Å². The highest BCUT2D eigenvalue weighted by molar-refractivity contribution is 5.90. The molecule has 4 nitrogen and oxygen atoms in total. The molecule has 1 rings (SSSR count). The minimum Gasteiger partial charge on any atom is -0.465 e. The fourth-order valence-corrected chi connectivity index (χ4v) is 0.944. The number of pyridine rings is 1. The van der Waals surface area contributed by atoms with Gasteiger partial charge in [-0.3, -0.25) is 4.98 Å². The Labute approximate surface area is 82.9 Å². The lowest BCUT2D eigenvalue weighted by molar-refractivity contribution is 0.0594.